The van der Waals surface area contributed by atoms with Gasteiger partial charge in [0.1, 0.15) is 5.75 Å². The van der Waals surface area contributed by atoms with Gasteiger partial charge in [0.05, 0.1) is 18.1 Å². The van der Waals surface area contributed by atoms with Gasteiger partial charge in [-0.25, -0.2) is 0 Å². The molecule has 0 aliphatic rings. The van der Waals surface area contributed by atoms with E-state index in [1.54, 1.807) is 18.2 Å². The van der Waals surface area contributed by atoms with Crippen LogP contribution in [0.1, 0.15) is 0 Å². The van der Waals surface area contributed by atoms with Gasteiger partial charge in [-0.15, -0.1) is 13.2 Å². The van der Waals surface area contributed by atoms with Crippen molar-refractivity contribution >= 4 is 21.8 Å². The van der Waals surface area contributed by atoms with Gasteiger partial charge in [0, 0.05) is 16.8 Å². The first-order chi connectivity index (χ1) is 10.4. The van der Waals surface area contributed by atoms with Crippen molar-refractivity contribution in [3.63, 3.8) is 0 Å². The summed E-state index contributed by atoms with van der Waals surface area (Å²) in [6, 6.07) is 8.65. The van der Waals surface area contributed by atoms with E-state index < -0.39 is 12.1 Å². The highest BCUT2D eigenvalue weighted by atomic mass is 19.4. The van der Waals surface area contributed by atoms with Crippen molar-refractivity contribution in [1.29, 1.82) is 0 Å². The zero-order valence-electron chi connectivity index (χ0n) is 11.3. The molecule has 3 aromatic rings. The number of halogens is 3. The minimum Gasteiger partial charge on any atom is -0.497 e. The predicted octanol–water partition coefficient (Wildman–Crippen LogP) is 3.59. The number of hydrogen-bond acceptors (Lipinski definition) is 3. The van der Waals surface area contributed by atoms with Crippen molar-refractivity contribution in [2.24, 2.45) is 0 Å². The van der Waals surface area contributed by atoms with Gasteiger partial charge in [-0.1, -0.05) is 6.07 Å². The molecule has 0 saturated carbocycles. The van der Waals surface area contributed by atoms with E-state index in [2.05, 4.69) is 9.72 Å². The number of nitrogens with one attached hydrogen (secondary N) is 1. The Bertz CT molecular complexity index is 915. The van der Waals surface area contributed by atoms with E-state index in [1.165, 1.54) is 19.2 Å². The number of methoxy groups -OCH3 is 1. The van der Waals surface area contributed by atoms with Crippen LogP contribution in [0.25, 0.3) is 21.8 Å². The van der Waals surface area contributed by atoms with E-state index in [4.69, 9.17) is 4.74 Å². The van der Waals surface area contributed by atoms with Gasteiger partial charge in [0.25, 0.3) is 0 Å². The number of aromatic amines is 1. The van der Waals surface area contributed by atoms with Gasteiger partial charge in [0.15, 0.2) is 11.2 Å². The van der Waals surface area contributed by atoms with Crippen LogP contribution in [-0.4, -0.2) is 18.5 Å². The third-order valence-electron chi connectivity index (χ3n) is 3.23. The second-order valence-corrected chi connectivity index (χ2v) is 4.59. The Balaban J connectivity index is 2.34. The molecule has 0 unspecified atom stereocenters. The molecule has 114 valence electrons. The largest absolute Gasteiger partial charge is 0.573 e. The van der Waals surface area contributed by atoms with Gasteiger partial charge in [0.2, 0.25) is 0 Å². The molecular formula is C15H10F3NO3. The zero-order chi connectivity index (χ0) is 15.9. The fourth-order valence-electron chi connectivity index (χ4n) is 2.29. The molecule has 0 bridgehead atoms. The fourth-order valence-corrected chi connectivity index (χ4v) is 2.29. The van der Waals surface area contributed by atoms with Crippen LogP contribution in [0.15, 0.2) is 41.2 Å². The molecular weight excluding hydrogens is 299 g/mol. The monoisotopic (exact) mass is 309 g/mol. The smallest absolute Gasteiger partial charge is 0.497 e. The molecule has 7 heteroatoms. The second-order valence-electron chi connectivity index (χ2n) is 4.59. The van der Waals surface area contributed by atoms with Crippen LogP contribution in [-0.2, 0) is 0 Å². The third kappa shape index (κ3) is 2.45. The Hall–Kier alpha value is -2.70. The number of pyridine rings is 1. The number of H-pyrrole nitrogens is 1. The predicted molar refractivity (Wildman–Crippen MR) is 75.3 cm³/mol. The maximum atomic E-state index is 12.5. The van der Waals surface area contributed by atoms with E-state index in [-0.39, 0.29) is 16.3 Å². The fraction of sp³-hybridized carbons (Fsp3) is 0.133. The minimum atomic E-state index is -4.84. The van der Waals surface area contributed by atoms with E-state index in [9.17, 15) is 18.0 Å². The third-order valence-corrected chi connectivity index (χ3v) is 3.23. The number of alkyl halides is 3. The molecule has 0 saturated heterocycles. The van der Waals surface area contributed by atoms with E-state index in [1.807, 2.05) is 0 Å². The molecule has 3 rings (SSSR count). The van der Waals surface area contributed by atoms with Crippen LogP contribution in [0, 0.1) is 0 Å². The van der Waals surface area contributed by atoms with Gasteiger partial charge in [-0.2, -0.15) is 0 Å². The number of aromatic nitrogens is 1. The van der Waals surface area contributed by atoms with Crippen LogP contribution < -0.4 is 14.9 Å². The van der Waals surface area contributed by atoms with Crippen molar-refractivity contribution in [3.05, 3.63) is 46.6 Å². The summed E-state index contributed by atoms with van der Waals surface area (Å²) in [6.45, 7) is 0. The number of rotatable bonds is 2. The van der Waals surface area contributed by atoms with Crippen molar-refractivity contribution in [2.45, 2.75) is 6.36 Å². The second kappa shape index (κ2) is 4.94. The summed E-state index contributed by atoms with van der Waals surface area (Å²) >= 11 is 0. The van der Waals surface area contributed by atoms with Crippen molar-refractivity contribution < 1.29 is 22.6 Å². The van der Waals surface area contributed by atoms with Crippen LogP contribution >= 0.6 is 0 Å². The zero-order valence-corrected chi connectivity index (χ0v) is 11.3. The maximum absolute atomic E-state index is 12.5. The Morgan fingerprint density at radius 3 is 2.55 bits per heavy atom. The van der Waals surface area contributed by atoms with Crippen LogP contribution in [0.4, 0.5) is 13.2 Å². The topological polar surface area (TPSA) is 51.3 Å². The molecule has 1 aromatic heterocycles. The summed E-state index contributed by atoms with van der Waals surface area (Å²) in [5.41, 5.74) is -0.0142. The van der Waals surface area contributed by atoms with Crippen LogP contribution in [0.3, 0.4) is 0 Å². The van der Waals surface area contributed by atoms with E-state index in [0.717, 1.165) is 6.07 Å². The highest BCUT2D eigenvalue weighted by Gasteiger charge is 2.32. The Labute approximate surface area is 122 Å². The molecule has 0 amide bonds. The maximum Gasteiger partial charge on any atom is 0.573 e. The summed E-state index contributed by atoms with van der Waals surface area (Å²) in [7, 11) is 1.46. The standard InChI is InChI=1S/C15H10F3NO3/c1-21-8-5-6-9-11(7-8)19-13-10(14(9)20)3-2-4-12(13)22-15(16,17)18/h2-7H,1H3,(H,19,20). The Morgan fingerprint density at radius 1 is 1.09 bits per heavy atom. The molecule has 22 heavy (non-hydrogen) atoms. The number of ether oxygens (including phenoxy) is 2. The van der Waals surface area contributed by atoms with Crippen molar-refractivity contribution in [1.82, 2.24) is 4.98 Å². The highest BCUT2D eigenvalue weighted by molar-refractivity contribution is 5.95. The molecule has 0 fully saturated rings. The lowest BCUT2D eigenvalue weighted by atomic mass is 10.1. The quantitative estimate of drug-likeness (QED) is 0.736. The Kier molecular flexibility index (Phi) is 3.20. The first kappa shape index (κ1) is 14.2. The summed E-state index contributed by atoms with van der Waals surface area (Å²) in [5.74, 6) is 0.0311. The molecule has 0 radical (unpaired) electrons. The number of benzene rings is 2. The van der Waals surface area contributed by atoms with Gasteiger partial charge in [-0.3, -0.25) is 4.79 Å². The molecule has 1 N–H and O–H groups in total. The Morgan fingerprint density at radius 2 is 1.86 bits per heavy atom. The first-order valence-electron chi connectivity index (χ1n) is 6.27. The number of hydrogen-bond donors (Lipinski definition) is 1. The average molecular weight is 309 g/mol. The summed E-state index contributed by atoms with van der Waals surface area (Å²) < 4.78 is 46.4. The lowest BCUT2D eigenvalue weighted by Crippen LogP contribution is -2.18. The molecule has 1 heterocycles. The van der Waals surface area contributed by atoms with Gasteiger partial charge in [-0.05, 0) is 24.3 Å². The van der Waals surface area contributed by atoms with Crippen molar-refractivity contribution in [3.8, 4) is 11.5 Å². The normalized spacial score (nSPS) is 11.8. The molecule has 2 aromatic carbocycles. The lowest BCUT2D eigenvalue weighted by molar-refractivity contribution is -0.274. The molecule has 0 aliphatic heterocycles. The number of fused-ring (bicyclic) bond motifs is 2. The molecule has 0 aliphatic carbocycles. The SMILES string of the molecule is COc1ccc2c(=O)c3cccc(OC(F)(F)F)c3[nH]c2c1. The summed E-state index contributed by atoms with van der Waals surface area (Å²) in [4.78, 5) is 15.2. The van der Waals surface area contributed by atoms with Crippen LogP contribution in [0.2, 0.25) is 0 Å². The minimum absolute atomic E-state index is 0.00872. The summed E-state index contributed by atoms with van der Waals surface area (Å²) in [5, 5.41) is 0.483. The molecule has 0 spiro atoms. The van der Waals surface area contributed by atoms with Crippen molar-refractivity contribution in [2.75, 3.05) is 7.11 Å². The van der Waals surface area contributed by atoms with E-state index >= 15 is 0 Å². The average Bonchev–Trinajstić information content (AvgIpc) is 2.46. The summed E-state index contributed by atoms with van der Waals surface area (Å²) in [6.07, 6.45) is -4.84. The van der Waals surface area contributed by atoms with Crippen LogP contribution in [0.5, 0.6) is 11.5 Å². The van der Waals surface area contributed by atoms with Gasteiger partial charge < -0.3 is 14.5 Å². The molecule has 4 nitrogen and oxygen atoms in total. The highest BCUT2D eigenvalue weighted by Crippen LogP contribution is 2.29. The number of para-hydroxylation sites is 1. The lowest BCUT2D eigenvalue weighted by Gasteiger charge is -2.12. The van der Waals surface area contributed by atoms with Gasteiger partial charge >= 0.3 is 6.36 Å². The first-order valence-corrected chi connectivity index (χ1v) is 6.27. The molecule has 0 atom stereocenters. The van der Waals surface area contributed by atoms with E-state index in [0.29, 0.717) is 16.7 Å².